The van der Waals surface area contributed by atoms with E-state index in [2.05, 4.69) is 153 Å². The minimum atomic E-state index is -1.59. The third-order valence-electron chi connectivity index (χ3n) is 10.9. The first-order valence-electron chi connectivity index (χ1n) is 25.6. The Morgan fingerprint density at radius 1 is 0.522 bits per heavy atom. The van der Waals surface area contributed by atoms with Gasteiger partial charge in [-0.15, -0.1) is 0 Å². The summed E-state index contributed by atoms with van der Waals surface area (Å²) in [5.74, 6) is -0.232. The quantitative estimate of drug-likeness (QED) is 0.0263. The molecule has 9 heteroatoms. The summed E-state index contributed by atoms with van der Waals surface area (Å²) < 4.78 is 11.2. The van der Waals surface area contributed by atoms with E-state index in [1.165, 1.54) is 19.3 Å². The summed E-state index contributed by atoms with van der Waals surface area (Å²) in [5.41, 5.74) is 0. The summed E-state index contributed by atoms with van der Waals surface area (Å²) in [6, 6.07) is -0.857. The van der Waals surface area contributed by atoms with Gasteiger partial charge in [0, 0.05) is 6.42 Å². The fourth-order valence-corrected chi connectivity index (χ4v) is 6.82. The van der Waals surface area contributed by atoms with Gasteiger partial charge in [-0.1, -0.05) is 179 Å². The van der Waals surface area contributed by atoms with Crippen LogP contribution in [-0.4, -0.2) is 87.5 Å². The van der Waals surface area contributed by atoms with E-state index in [4.69, 9.17) is 9.47 Å². The highest BCUT2D eigenvalue weighted by Gasteiger charge is 2.44. The van der Waals surface area contributed by atoms with Crippen molar-refractivity contribution in [2.75, 3.05) is 13.2 Å². The van der Waals surface area contributed by atoms with Gasteiger partial charge < -0.3 is 40.3 Å². The van der Waals surface area contributed by atoms with E-state index in [9.17, 15) is 30.3 Å². The molecule has 1 rings (SSSR count). The van der Waals surface area contributed by atoms with E-state index in [1.54, 1.807) is 6.08 Å². The third-order valence-corrected chi connectivity index (χ3v) is 10.9. The van der Waals surface area contributed by atoms with Crippen LogP contribution < -0.4 is 5.32 Å². The molecule has 0 radical (unpaired) electrons. The first-order valence-corrected chi connectivity index (χ1v) is 25.6. The van der Waals surface area contributed by atoms with Gasteiger partial charge in [0.05, 0.1) is 25.4 Å². The zero-order chi connectivity index (χ0) is 48.7. The molecule has 6 N–H and O–H groups in total. The van der Waals surface area contributed by atoms with Gasteiger partial charge in [-0.3, -0.25) is 4.79 Å². The lowest BCUT2D eigenvalue weighted by molar-refractivity contribution is -0.302. The molecular formula is C58H91NO8. The Labute approximate surface area is 406 Å². The molecule has 1 heterocycles. The molecule has 7 unspecified atom stereocenters. The Kier molecular flexibility index (Phi) is 41.8. The van der Waals surface area contributed by atoms with Gasteiger partial charge >= 0.3 is 0 Å². The third kappa shape index (κ3) is 35.8. The number of unbranched alkanes of at least 4 members (excludes halogenated alkanes) is 8. The summed E-state index contributed by atoms with van der Waals surface area (Å²) >= 11 is 0. The fourth-order valence-electron chi connectivity index (χ4n) is 6.82. The Morgan fingerprint density at radius 2 is 0.940 bits per heavy atom. The van der Waals surface area contributed by atoms with Gasteiger partial charge in [0.1, 0.15) is 24.4 Å². The number of nitrogens with one attached hydrogen (secondary N) is 1. The molecule has 0 spiro atoms. The highest BCUT2D eigenvalue weighted by molar-refractivity contribution is 5.76. The number of aliphatic hydroxyl groups excluding tert-OH is 5. The van der Waals surface area contributed by atoms with E-state index < -0.39 is 49.5 Å². The first-order chi connectivity index (χ1) is 32.8. The van der Waals surface area contributed by atoms with Gasteiger partial charge in [0.25, 0.3) is 0 Å². The molecule has 0 aromatic heterocycles. The number of hydrogen-bond acceptors (Lipinski definition) is 8. The summed E-state index contributed by atoms with van der Waals surface area (Å²) in [5, 5.41) is 54.2. The van der Waals surface area contributed by atoms with Crippen molar-refractivity contribution in [2.45, 2.75) is 198 Å². The average Bonchev–Trinajstić information content (AvgIpc) is 3.33. The molecule has 1 saturated heterocycles. The zero-order valence-electron chi connectivity index (χ0n) is 41.3. The van der Waals surface area contributed by atoms with E-state index in [0.29, 0.717) is 12.8 Å². The monoisotopic (exact) mass is 930 g/mol. The van der Waals surface area contributed by atoms with Crippen LogP contribution >= 0.6 is 0 Å². The Hall–Kier alpha value is -3.93. The number of rotatable bonds is 40. The van der Waals surface area contributed by atoms with E-state index in [-0.39, 0.29) is 18.9 Å². The summed E-state index contributed by atoms with van der Waals surface area (Å²) in [6.07, 6.45) is 64.7. The van der Waals surface area contributed by atoms with E-state index in [1.807, 2.05) is 6.08 Å². The highest BCUT2D eigenvalue weighted by atomic mass is 16.7. The molecule has 1 fully saturated rings. The maximum Gasteiger partial charge on any atom is 0.220 e. The maximum atomic E-state index is 13.0. The molecule has 1 aliphatic heterocycles. The van der Waals surface area contributed by atoms with Gasteiger partial charge in [-0.05, 0) is 116 Å². The Bertz CT molecular complexity index is 1550. The topological polar surface area (TPSA) is 149 Å². The average molecular weight is 930 g/mol. The van der Waals surface area contributed by atoms with Crippen molar-refractivity contribution in [1.82, 2.24) is 5.32 Å². The predicted octanol–water partition coefficient (Wildman–Crippen LogP) is 11.9. The second kappa shape index (κ2) is 45.8. The van der Waals surface area contributed by atoms with Crippen LogP contribution in [0.25, 0.3) is 0 Å². The summed E-state index contributed by atoms with van der Waals surface area (Å²) in [6.45, 7) is 3.55. The molecule has 0 saturated carbocycles. The molecular weight excluding hydrogens is 839 g/mol. The smallest absolute Gasteiger partial charge is 0.220 e. The molecule has 0 bridgehead atoms. The van der Waals surface area contributed by atoms with Crippen molar-refractivity contribution < 1.29 is 39.8 Å². The highest BCUT2D eigenvalue weighted by Crippen LogP contribution is 2.22. The standard InChI is InChI=1S/C58H91NO8/c1-3-5-7-9-11-13-15-17-18-19-20-21-22-23-24-25-26-27-28-29-30-31-32-33-34-36-38-40-42-44-46-48-54(62)59-51(50-66-58-57(65)56(64)55(63)53(49-60)67-58)52(61)47-45-43-41-39-37-35-16-14-12-10-8-6-4-2/h5,7,11-14,17-18,20-21,23-24,26-27,29-30,32-33,36-39,45,47,51-53,55-58,60-61,63-65H,3-4,6,8-10,15-16,19,22,25,28,31,34-35,40-44,46,48-50H2,1-2H3,(H,59,62)/b7-5-,13-11-,14-12+,18-17-,21-20-,24-23-,27-26-,30-29-,33-32-,38-36-,39-37+,47-45+. The molecule has 1 amide bonds. The Balaban J connectivity index is 2.32. The van der Waals surface area contributed by atoms with Crippen LogP contribution in [0, 0.1) is 0 Å². The van der Waals surface area contributed by atoms with Crippen LogP contribution in [0.15, 0.2) is 146 Å². The zero-order valence-corrected chi connectivity index (χ0v) is 41.3. The van der Waals surface area contributed by atoms with Crippen molar-refractivity contribution in [3.63, 3.8) is 0 Å². The summed E-state index contributed by atoms with van der Waals surface area (Å²) in [4.78, 5) is 13.0. The number of aliphatic hydroxyl groups is 5. The largest absolute Gasteiger partial charge is 0.394 e. The normalized spacial score (nSPS) is 21.0. The van der Waals surface area contributed by atoms with Crippen LogP contribution in [0.5, 0.6) is 0 Å². The molecule has 67 heavy (non-hydrogen) atoms. The van der Waals surface area contributed by atoms with Crippen molar-refractivity contribution in [3.8, 4) is 0 Å². The van der Waals surface area contributed by atoms with Gasteiger partial charge in [-0.2, -0.15) is 0 Å². The molecule has 1 aliphatic rings. The number of hydrogen-bond donors (Lipinski definition) is 6. The minimum Gasteiger partial charge on any atom is -0.394 e. The number of carbonyl (C=O) groups excluding carboxylic acids is 1. The number of carbonyl (C=O) groups is 1. The number of allylic oxidation sites excluding steroid dienone is 23. The van der Waals surface area contributed by atoms with Crippen molar-refractivity contribution in [3.05, 3.63) is 146 Å². The lowest BCUT2D eigenvalue weighted by Gasteiger charge is -2.40. The fraction of sp³-hybridized carbons (Fsp3) is 0.569. The second-order valence-electron chi connectivity index (χ2n) is 16.9. The van der Waals surface area contributed by atoms with Crippen molar-refractivity contribution in [1.29, 1.82) is 0 Å². The van der Waals surface area contributed by atoms with Gasteiger partial charge in [0.2, 0.25) is 5.91 Å². The van der Waals surface area contributed by atoms with Gasteiger partial charge in [-0.25, -0.2) is 0 Å². The number of ether oxygens (including phenoxy) is 2. The van der Waals surface area contributed by atoms with Crippen LogP contribution in [0.2, 0.25) is 0 Å². The van der Waals surface area contributed by atoms with Gasteiger partial charge in [0.15, 0.2) is 6.29 Å². The minimum absolute atomic E-state index is 0.231. The first kappa shape index (κ1) is 61.1. The van der Waals surface area contributed by atoms with Crippen LogP contribution in [0.4, 0.5) is 0 Å². The molecule has 376 valence electrons. The molecule has 7 atom stereocenters. The summed E-state index contributed by atoms with van der Waals surface area (Å²) in [7, 11) is 0. The molecule has 0 aromatic carbocycles. The van der Waals surface area contributed by atoms with Crippen LogP contribution in [-0.2, 0) is 14.3 Å². The predicted molar refractivity (Wildman–Crippen MR) is 280 cm³/mol. The van der Waals surface area contributed by atoms with Crippen molar-refractivity contribution >= 4 is 5.91 Å². The molecule has 9 nitrogen and oxygen atoms in total. The lowest BCUT2D eigenvalue weighted by Crippen LogP contribution is -2.60. The molecule has 0 aromatic rings. The van der Waals surface area contributed by atoms with E-state index >= 15 is 0 Å². The number of amides is 1. The SMILES string of the molecule is CC/C=C\C/C=C\C/C=C\C/C=C\C/C=C\C/C=C\C/C=C\C/C=C\C/C=C\CCCCCC(=O)NC(COC1OC(CO)C(O)C(O)C1O)C(O)/C=C/CC/C=C/CC/C=C/CCCCC. The Morgan fingerprint density at radius 3 is 1.40 bits per heavy atom. The van der Waals surface area contributed by atoms with Crippen molar-refractivity contribution in [2.24, 2.45) is 0 Å². The lowest BCUT2D eigenvalue weighted by atomic mass is 9.99. The second-order valence-corrected chi connectivity index (χ2v) is 16.9. The van der Waals surface area contributed by atoms with Crippen LogP contribution in [0.1, 0.15) is 155 Å². The van der Waals surface area contributed by atoms with Crippen LogP contribution in [0.3, 0.4) is 0 Å². The molecule has 0 aliphatic carbocycles. The van der Waals surface area contributed by atoms with E-state index in [0.717, 1.165) is 103 Å². The maximum absolute atomic E-state index is 13.0.